The van der Waals surface area contributed by atoms with Crippen molar-refractivity contribution in [2.24, 2.45) is 0 Å². The summed E-state index contributed by atoms with van der Waals surface area (Å²) in [5, 5.41) is 9.31. The molecule has 5 nitrogen and oxygen atoms in total. The third kappa shape index (κ3) is 4.35. The molecule has 2 fully saturated rings. The zero-order valence-corrected chi connectivity index (χ0v) is 14.3. The van der Waals surface area contributed by atoms with Crippen molar-refractivity contribution in [1.82, 2.24) is 10.6 Å². The molecule has 1 heterocycles. The molecule has 1 aliphatic carbocycles. The molecule has 1 aromatic rings. The number of nitrogens with one attached hydrogen (secondary N) is 3. The summed E-state index contributed by atoms with van der Waals surface area (Å²) in [5.41, 5.74) is 2.04. The fourth-order valence-corrected chi connectivity index (χ4v) is 3.63. The second kappa shape index (κ2) is 7.79. The van der Waals surface area contributed by atoms with Gasteiger partial charge in [-0.05, 0) is 43.9 Å². The largest absolute Gasteiger partial charge is 0.355 e. The standard InChI is InChI=1S/C19H27N3O2/c1-13(21-16-4-2-3-5-16)19(24)22-17-9-6-14(7-10-17)15-8-11-18(23)20-12-15/h6-7,9-10,13,15-16,21H,2-5,8,11-12H2,1H3,(H,20,23)(H,22,24). The summed E-state index contributed by atoms with van der Waals surface area (Å²) in [5.74, 6) is 0.522. The van der Waals surface area contributed by atoms with Crippen LogP contribution in [-0.2, 0) is 9.59 Å². The van der Waals surface area contributed by atoms with Crippen molar-refractivity contribution in [3.8, 4) is 0 Å². The molecule has 1 saturated heterocycles. The van der Waals surface area contributed by atoms with E-state index >= 15 is 0 Å². The zero-order chi connectivity index (χ0) is 16.9. The van der Waals surface area contributed by atoms with Crippen molar-refractivity contribution < 1.29 is 9.59 Å². The van der Waals surface area contributed by atoms with Gasteiger partial charge in [-0.2, -0.15) is 0 Å². The molecule has 2 atom stereocenters. The number of amides is 2. The van der Waals surface area contributed by atoms with Crippen LogP contribution in [0.1, 0.15) is 56.9 Å². The first-order valence-electron chi connectivity index (χ1n) is 9.05. The van der Waals surface area contributed by atoms with Gasteiger partial charge in [0.2, 0.25) is 11.8 Å². The van der Waals surface area contributed by atoms with Crippen LogP contribution in [0, 0.1) is 0 Å². The lowest BCUT2D eigenvalue weighted by Crippen LogP contribution is -2.42. The van der Waals surface area contributed by atoms with E-state index in [4.69, 9.17) is 0 Å². The molecule has 130 valence electrons. The Morgan fingerprint density at radius 1 is 1.17 bits per heavy atom. The SMILES string of the molecule is CC(NC1CCCC1)C(=O)Nc1ccc(C2CCC(=O)NC2)cc1. The predicted molar refractivity (Wildman–Crippen MR) is 94.9 cm³/mol. The predicted octanol–water partition coefficient (Wildman–Crippen LogP) is 2.54. The molecule has 0 bridgehead atoms. The van der Waals surface area contributed by atoms with Crippen molar-refractivity contribution >= 4 is 17.5 Å². The van der Waals surface area contributed by atoms with Gasteiger partial charge in [-0.15, -0.1) is 0 Å². The fraction of sp³-hybridized carbons (Fsp3) is 0.579. The summed E-state index contributed by atoms with van der Waals surface area (Å²) in [4.78, 5) is 23.5. The Morgan fingerprint density at radius 3 is 2.50 bits per heavy atom. The third-order valence-corrected chi connectivity index (χ3v) is 5.15. The van der Waals surface area contributed by atoms with Gasteiger partial charge >= 0.3 is 0 Å². The highest BCUT2D eigenvalue weighted by molar-refractivity contribution is 5.94. The number of anilines is 1. The van der Waals surface area contributed by atoms with E-state index in [2.05, 4.69) is 16.0 Å². The van der Waals surface area contributed by atoms with E-state index in [-0.39, 0.29) is 17.9 Å². The molecule has 1 aromatic carbocycles. The van der Waals surface area contributed by atoms with Crippen LogP contribution in [0.3, 0.4) is 0 Å². The second-order valence-corrected chi connectivity index (χ2v) is 7.02. The van der Waals surface area contributed by atoms with Gasteiger partial charge in [0.1, 0.15) is 0 Å². The van der Waals surface area contributed by atoms with Gasteiger partial charge in [0.15, 0.2) is 0 Å². The zero-order valence-electron chi connectivity index (χ0n) is 14.3. The lowest BCUT2D eigenvalue weighted by molar-refractivity contribution is -0.122. The first kappa shape index (κ1) is 17.0. The van der Waals surface area contributed by atoms with Gasteiger partial charge in [-0.3, -0.25) is 9.59 Å². The highest BCUT2D eigenvalue weighted by atomic mass is 16.2. The van der Waals surface area contributed by atoms with Crippen LogP contribution in [0.5, 0.6) is 0 Å². The average Bonchev–Trinajstić information content (AvgIpc) is 3.09. The van der Waals surface area contributed by atoms with Crippen LogP contribution in [-0.4, -0.2) is 30.4 Å². The Balaban J connectivity index is 1.51. The Kier molecular flexibility index (Phi) is 5.51. The number of carbonyl (C=O) groups is 2. The van der Waals surface area contributed by atoms with Crippen LogP contribution in [0.15, 0.2) is 24.3 Å². The third-order valence-electron chi connectivity index (χ3n) is 5.15. The number of hydrogen-bond acceptors (Lipinski definition) is 3. The quantitative estimate of drug-likeness (QED) is 0.777. The van der Waals surface area contributed by atoms with Gasteiger partial charge in [0.25, 0.3) is 0 Å². The van der Waals surface area contributed by atoms with E-state index in [1.807, 2.05) is 31.2 Å². The summed E-state index contributed by atoms with van der Waals surface area (Å²) in [6.45, 7) is 2.62. The highest BCUT2D eigenvalue weighted by Gasteiger charge is 2.21. The monoisotopic (exact) mass is 329 g/mol. The van der Waals surface area contributed by atoms with Crippen LogP contribution < -0.4 is 16.0 Å². The van der Waals surface area contributed by atoms with Crippen LogP contribution in [0.25, 0.3) is 0 Å². The second-order valence-electron chi connectivity index (χ2n) is 7.02. The molecular formula is C19H27N3O2. The number of hydrogen-bond donors (Lipinski definition) is 3. The van der Waals surface area contributed by atoms with Crippen molar-refractivity contribution in [3.05, 3.63) is 29.8 Å². The molecule has 2 amide bonds. The van der Waals surface area contributed by atoms with Crippen molar-refractivity contribution in [2.45, 2.75) is 63.5 Å². The molecule has 24 heavy (non-hydrogen) atoms. The maximum absolute atomic E-state index is 12.3. The number of benzene rings is 1. The molecule has 0 radical (unpaired) electrons. The summed E-state index contributed by atoms with van der Waals surface area (Å²) >= 11 is 0. The van der Waals surface area contributed by atoms with E-state index in [0.29, 0.717) is 24.9 Å². The van der Waals surface area contributed by atoms with E-state index < -0.39 is 0 Å². The summed E-state index contributed by atoms with van der Waals surface area (Å²) in [7, 11) is 0. The minimum Gasteiger partial charge on any atom is -0.355 e. The topological polar surface area (TPSA) is 70.2 Å². The molecule has 3 rings (SSSR count). The number of carbonyl (C=O) groups excluding carboxylic acids is 2. The maximum atomic E-state index is 12.3. The molecular weight excluding hydrogens is 302 g/mol. The highest BCUT2D eigenvalue weighted by Crippen LogP contribution is 2.25. The summed E-state index contributed by atoms with van der Waals surface area (Å²) in [6.07, 6.45) is 6.34. The van der Waals surface area contributed by atoms with Gasteiger partial charge in [0, 0.05) is 30.6 Å². The van der Waals surface area contributed by atoms with Crippen molar-refractivity contribution in [2.75, 3.05) is 11.9 Å². The molecule has 0 spiro atoms. The average molecular weight is 329 g/mol. The Morgan fingerprint density at radius 2 is 1.88 bits per heavy atom. The Labute approximate surface area is 143 Å². The number of piperidine rings is 1. The maximum Gasteiger partial charge on any atom is 0.241 e. The van der Waals surface area contributed by atoms with Gasteiger partial charge < -0.3 is 16.0 Å². The lowest BCUT2D eigenvalue weighted by atomic mass is 9.91. The normalized spacial score (nSPS) is 22.9. The summed E-state index contributed by atoms with van der Waals surface area (Å²) in [6, 6.07) is 8.30. The Hall–Kier alpha value is -1.88. The molecule has 3 N–H and O–H groups in total. The van der Waals surface area contributed by atoms with Gasteiger partial charge in [0.05, 0.1) is 6.04 Å². The van der Waals surface area contributed by atoms with Crippen LogP contribution in [0.4, 0.5) is 5.69 Å². The first-order chi connectivity index (χ1) is 11.6. The minimum atomic E-state index is -0.179. The van der Waals surface area contributed by atoms with Crippen molar-refractivity contribution in [3.63, 3.8) is 0 Å². The van der Waals surface area contributed by atoms with Gasteiger partial charge in [-0.1, -0.05) is 25.0 Å². The van der Waals surface area contributed by atoms with Crippen LogP contribution >= 0.6 is 0 Å². The number of rotatable bonds is 5. The molecule has 2 unspecified atom stereocenters. The minimum absolute atomic E-state index is 0.0135. The lowest BCUT2D eigenvalue weighted by Gasteiger charge is -2.23. The molecule has 1 aliphatic heterocycles. The van der Waals surface area contributed by atoms with E-state index in [0.717, 1.165) is 12.1 Å². The van der Waals surface area contributed by atoms with E-state index in [9.17, 15) is 9.59 Å². The first-order valence-corrected chi connectivity index (χ1v) is 9.05. The molecule has 1 saturated carbocycles. The Bertz CT molecular complexity index is 569. The molecule has 0 aromatic heterocycles. The molecule has 5 heteroatoms. The smallest absolute Gasteiger partial charge is 0.241 e. The van der Waals surface area contributed by atoms with E-state index in [1.165, 1.54) is 31.2 Å². The molecule has 2 aliphatic rings. The van der Waals surface area contributed by atoms with E-state index in [1.54, 1.807) is 0 Å². The van der Waals surface area contributed by atoms with Crippen molar-refractivity contribution in [1.29, 1.82) is 0 Å². The van der Waals surface area contributed by atoms with Gasteiger partial charge in [-0.25, -0.2) is 0 Å². The fourth-order valence-electron chi connectivity index (χ4n) is 3.63. The summed E-state index contributed by atoms with van der Waals surface area (Å²) < 4.78 is 0. The van der Waals surface area contributed by atoms with Crippen LogP contribution in [0.2, 0.25) is 0 Å².